The van der Waals surface area contributed by atoms with Crippen LogP contribution < -0.4 is 0 Å². The second-order valence-electron chi connectivity index (χ2n) is 5.83. The first kappa shape index (κ1) is 18.8. The fraction of sp³-hybridized carbons (Fsp3) is 0.615. The lowest BCUT2D eigenvalue weighted by molar-refractivity contribution is -0.386. The molecule has 1 aromatic heterocycles. The van der Waals surface area contributed by atoms with E-state index in [0.29, 0.717) is 0 Å². The minimum atomic E-state index is -5.07. The Kier molecular flexibility index (Phi) is 4.59. The molecule has 1 aliphatic heterocycles. The Balaban J connectivity index is 2.23. The molecular weight excluding hydrogens is 347 g/mol. The third-order valence-electron chi connectivity index (χ3n) is 3.98. The Labute approximate surface area is 139 Å². The zero-order valence-corrected chi connectivity index (χ0v) is 13.6. The van der Waals surface area contributed by atoms with Gasteiger partial charge in [0.2, 0.25) is 5.91 Å². The number of carbonyl (C=O) groups excluding carboxylic acids is 1. The van der Waals surface area contributed by atoms with Crippen LogP contribution >= 0.6 is 0 Å². The molecule has 9 nitrogen and oxygen atoms in total. The van der Waals surface area contributed by atoms with E-state index in [-0.39, 0.29) is 28.6 Å². The van der Waals surface area contributed by atoms with Gasteiger partial charge in [0.15, 0.2) is 0 Å². The average Bonchev–Trinajstić information content (AvgIpc) is 2.99. The second-order valence-corrected chi connectivity index (χ2v) is 5.83. The van der Waals surface area contributed by atoms with E-state index in [9.17, 15) is 33.2 Å². The standard InChI is InChI=1S/C13H16F3N5O4/c1-7(6-19-9(3)10(21(24)25)8(2)18-19)11(22)20-12(23,4-5-17-20)13(14,15)16/h5,7,23H,4,6H2,1-3H3/t7-,12-/m1/s1. The number of aliphatic hydroxyl groups is 1. The first-order valence-corrected chi connectivity index (χ1v) is 7.24. The van der Waals surface area contributed by atoms with Gasteiger partial charge in [0, 0.05) is 12.6 Å². The molecule has 1 aromatic rings. The minimum Gasteiger partial charge on any atom is -0.362 e. The van der Waals surface area contributed by atoms with E-state index >= 15 is 0 Å². The number of nitrogens with zero attached hydrogens (tertiary/aromatic N) is 5. The number of hydrazone groups is 1. The van der Waals surface area contributed by atoms with Gasteiger partial charge in [-0.15, -0.1) is 0 Å². The monoisotopic (exact) mass is 363 g/mol. The van der Waals surface area contributed by atoms with Crippen molar-refractivity contribution in [3.63, 3.8) is 0 Å². The summed E-state index contributed by atoms with van der Waals surface area (Å²) in [6, 6.07) is 0. The molecule has 2 rings (SSSR count). The number of rotatable bonds is 4. The summed E-state index contributed by atoms with van der Waals surface area (Å²) in [7, 11) is 0. The average molecular weight is 363 g/mol. The van der Waals surface area contributed by atoms with Crippen molar-refractivity contribution in [3.05, 3.63) is 21.5 Å². The lowest BCUT2D eigenvalue weighted by Crippen LogP contribution is -2.57. The van der Waals surface area contributed by atoms with Crippen LogP contribution in [0.25, 0.3) is 0 Å². The van der Waals surface area contributed by atoms with E-state index in [1.54, 1.807) is 0 Å². The predicted octanol–water partition coefficient (Wildman–Crippen LogP) is 1.51. The third-order valence-corrected chi connectivity index (χ3v) is 3.98. The third kappa shape index (κ3) is 3.08. The summed E-state index contributed by atoms with van der Waals surface area (Å²) in [5.41, 5.74) is -3.30. The van der Waals surface area contributed by atoms with Crippen molar-refractivity contribution >= 4 is 17.8 Å². The minimum absolute atomic E-state index is 0.0117. The van der Waals surface area contributed by atoms with Gasteiger partial charge in [0.1, 0.15) is 11.4 Å². The van der Waals surface area contributed by atoms with Crippen molar-refractivity contribution in [2.24, 2.45) is 11.0 Å². The Bertz CT molecular complexity index is 745. The van der Waals surface area contributed by atoms with Crippen molar-refractivity contribution in [1.29, 1.82) is 0 Å². The van der Waals surface area contributed by atoms with Crippen LogP contribution in [0.3, 0.4) is 0 Å². The summed E-state index contributed by atoms with van der Waals surface area (Å²) in [5, 5.41) is 28.1. The first-order chi connectivity index (χ1) is 11.4. The van der Waals surface area contributed by atoms with E-state index in [0.717, 1.165) is 6.21 Å². The molecule has 1 amide bonds. The van der Waals surface area contributed by atoms with Gasteiger partial charge in [-0.3, -0.25) is 19.6 Å². The summed E-state index contributed by atoms with van der Waals surface area (Å²) >= 11 is 0. The molecule has 1 aliphatic rings. The summed E-state index contributed by atoms with van der Waals surface area (Å²) < 4.78 is 40.3. The van der Waals surface area contributed by atoms with Gasteiger partial charge in [0.05, 0.1) is 17.4 Å². The maximum absolute atomic E-state index is 13.0. The molecule has 0 spiro atoms. The molecule has 12 heteroatoms. The van der Waals surface area contributed by atoms with Crippen LogP contribution in [0.1, 0.15) is 24.7 Å². The fourth-order valence-corrected chi connectivity index (χ4v) is 2.58. The van der Waals surface area contributed by atoms with Crippen LogP contribution in [-0.4, -0.2) is 48.8 Å². The van der Waals surface area contributed by atoms with Crippen LogP contribution in [0.4, 0.5) is 18.9 Å². The van der Waals surface area contributed by atoms with Crippen molar-refractivity contribution < 1.29 is 28.0 Å². The molecule has 2 heterocycles. The number of nitro groups is 1. The van der Waals surface area contributed by atoms with Crippen LogP contribution in [-0.2, 0) is 11.3 Å². The van der Waals surface area contributed by atoms with Gasteiger partial charge in [0.25, 0.3) is 5.72 Å². The van der Waals surface area contributed by atoms with Crippen molar-refractivity contribution in [2.75, 3.05) is 0 Å². The second kappa shape index (κ2) is 6.10. The van der Waals surface area contributed by atoms with E-state index in [1.807, 2.05) is 0 Å². The molecule has 1 N–H and O–H groups in total. The van der Waals surface area contributed by atoms with E-state index in [1.165, 1.54) is 25.5 Å². The fourth-order valence-electron chi connectivity index (χ4n) is 2.58. The van der Waals surface area contributed by atoms with Crippen molar-refractivity contribution in [3.8, 4) is 0 Å². The molecule has 2 atom stereocenters. The number of halogens is 3. The lowest BCUT2D eigenvalue weighted by Gasteiger charge is -2.33. The Hall–Kier alpha value is -2.50. The molecule has 0 aliphatic carbocycles. The highest BCUT2D eigenvalue weighted by atomic mass is 19.4. The number of aromatic nitrogens is 2. The zero-order chi connectivity index (χ0) is 19.2. The number of alkyl halides is 3. The van der Waals surface area contributed by atoms with Gasteiger partial charge in [-0.2, -0.15) is 28.4 Å². The van der Waals surface area contributed by atoms with Crippen LogP contribution in [0.2, 0.25) is 0 Å². The van der Waals surface area contributed by atoms with Gasteiger partial charge in [-0.05, 0) is 13.8 Å². The normalized spacial score (nSPS) is 21.6. The van der Waals surface area contributed by atoms with Gasteiger partial charge >= 0.3 is 11.9 Å². The summed E-state index contributed by atoms with van der Waals surface area (Å²) in [6.45, 7) is 3.98. The molecule has 138 valence electrons. The van der Waals surface area contributed by atoms with E-state index in [2.05, 4.69) is 10.2 Å². The zero-order valence-electron chi connectivity index (χ0n) is 13.6. The molecule has 0 saturated heterocycles. The highest BCUT2D eigenvalue weighted by Crippen LogP contribution is 2.39. The number of hydrogen-bond donors (Lipinski definition) is 1. The van der Waals surface area contributed by atoms with Crippen molar-refractivity contribution in [1.82, 2.24) is 14.8 Å². The first-order valence-electron chi connectivity index (χ1n) is 7.24. The van der Waals surface area contributed by atoms with Gasteiger partial charge in [-0.25, -0.2) is 0 Å². The van der Waals surface area contributed by atoms with Crippen LogP contribution in [0.15, 0.2) is 5.10 Å². The molecule has 0 saturated carbocycles. The topological polar surface area (TPSA) is 114 Å². The molecular formula is C13H16F3N5O4. The summed E-state index contributed by atoms with van der Waals surface area (Å²) in [5.74, 6) is -2.12. The largest absolute Gasteiger partial charge is 0.438 e. The predicted molar refractivity (Wildman–Crippen MR) is 78.5 cm³/mol. The molecule has 0 unspecified atom stereocenters. The highest BCUT2D eigenvalue weighted by Gasteiger charge is 2.61. The van der Waals surface area contributed by atoms with E-state index < -0.39 is 35.1 Å². The van der Waals surface area contributed by atoms with Crippen LogP contribution in [0.5, 0.6) is 0 Å². The molecule has 0 aromatic carbocycles. The maximum atomic E-state index is 13.0. The Morgan fingerprint density at radius 3 is 2.60 bits per heavy atom. The van der Waals surface area contributed by atoms with Crippen molar-refractivity contribution in [2.45, 2.75) is 45.6 Å². The number of amides is 1. The maximum Gasteiger partial charge on any atom is 0.438 e. The SMILES string of the molecule is Cc1nn(C[C@@H](C)C(=O)N2N=CC[C@@]2(O)C(F)(F)F)c(C)c1[N+](=O)[O-]. The molecule has 0 bridgehead atoms. The smallest absolute Gasteiger partial charge is 0.362 e. The Morgan fingerprint density at radius 1 is 1.52 bits per heavy atom. The summed E-state index contributed by atoms with van der Waals surface area (Å²) in [4.78, 5) is 22.7. The highest BCUT2D eigenvalue weighted by molar-refractivity contribution is 5.82. The van der Waals surface area contributed by atoms with E-state index in [4.69, 9.17) is 0 Å². The Morgan fingerprint density at radius 2 is 2.12 bits per heavy atom. The molecule has 25 heavy (non-hydrogen) atoms. The van der Waals surface area contributed by atoms with Gasteiger partial charge < -0.3 is 5.11 Å². The quantitative estimate of drug-likeness (QED) is 0.643. The van der Waals surface area contributed by atoms with Gasteiger partial charge in [-0.1, -0.05) is 6.92 Å². The summed E-state index contributed by atoms with van der Waals surface area (Å²) in [6.07, 6.45) is -5.12. The molecule has 0 radical (unpaired) electrons. The lowest BCUT2D eigenvalue weighted by atomic mass is 10.1. The number of carbonyl (C=O) groups is 1. The number of aryl methyl sites for hydroxylation is 1. The molecule has 0 fully saturated rings. The van der Waals surface area contributed by atoms with Crippen LogP contribution in [0, 0.1) is 29.9 Å². The number of hydrogen-bond acceptors (Lipinski definition) is 6.